The first-order valence-corrected chi connectivity index (χ1v) is 9.07. The van der Waals surface area contributed by atoms with E-state index in [1.807, 2.05) is 24.3 Å². The molecule has 0 amide bonds. The summed E-state index contributed by atoms with van der Waals surface area (Å²) >= 11 is 15.5. The van der Waals surface area contributed by atoms with Crippen LogP contribution in [0, 0.1) is 0 Å². The van der Waals surface area contributed by atoms with Crippen LogP contribution in [0.15, 0.2) is 64.0 Å². The van der Waals surface area contributed by atoms with E-state index in [0.29, 0.717) is 27.7 Å². The molecule has 3 aromatic rings. The highest BCUT2D eigenvalue weighted by Gasteiger charge is 2.11. The van der Waals surface area contributed by atoms with Gasteiger partial charge in [0.05, 0.1) is 13.2 Å². The van der Waals surface area contributed by atoms with Crippen LogP contribution in [0.3, 0.4) is 0 Å². The number of rotatable bonds is 4. The van der Waals surface area contributed by atoms with Gasteiger partial charge in [-0.05, 0) is 47.0 Å². The zero-order chi connectivity index (χ0) is 18.0. The van der Waals surface area contributed by atoms with Crippen molar-refractivity contribution < 1.29 is 5.11 Å². The van der Waals surface area contributed by atoms with Crippen molar-refractivity contribution >= 4 is 39.1 Å². The summed E-state index contributed by atoms with van der Waals surface area (Å²) in [6.07, 6.45) is 1.65. The van der Waals surface area contributed by atoms with Crippen LogP contribution in [-0.2, 0) is 13.2 Å². The monoisotopic (exact) mass is 437 g/mol. The fraction of sp³-hybridized carbons (Fsp3) is 0.105. The molecule has 0 atom stereocenters. The van der Waals surface area contributed by atoms with Crippen LogP contribution >= 0.6 is 39.1 Å². The molecule has 1 N–H and O–H groups in total. The zero-order valence-corrected chi connectivity index (χ0v) is 16.1. The summed E-state index contributed by atoms with van der Waals surface area (Å²) in [5.41, 5.74) is 2.61. The molecule has 25 heavy (non-hydrogen) atoms. The van der Waals surface area contributed by atoms with E-state index in [2.05, 4.69) is 15.9 Å². The number of aliphatic hydroxyl groups excluding tert-OH is 1. The first-order valence-electron chi connectivity index (χ1n) is 7.52. The Morgan fingerprint density at radius 2 is 1.76 bits per heavy atom. The van der Waals surface area contributed by atoms with E-state index in [-0.39, 0.29) is 12.2 Å². The van der Waals surface area contributed by atoms with Gasteiger partial charge in [0.1, 0.15) is 0 Å². The van der Waals surface area contributed by atoms with Crippen molar-refractivity contribution in [1.29, 1.82) is 0 Å². The Morgan fingerprint density at radius 3 is 2.40 bits per heavy atom. The summed E-state index contributed by atoms with van der Waals surface area (Å²) in [6, 6.07) is 14.4. The van der Waals surface area contributed by atoms with Crippen LogP contribution in [0.2, 0.25) is 10.0 Å². The smallest absolute Gasteiger partial charge is 0.258 e. The molecule has 2 aromatic carbocycles. The highest BCUT2D eigenvalue weighted by Crippen LogP contribution is 2.23. The van der Waals surface area contributed by atoms with Crippen LogP contribution in [0.5, 0.6) is 0 Å². The topological polar surface area (TPSA) is 42.2 Å². The summed E-state index contributed by atoms with van der Waals surface area (Å²) in [5.74, 6) is 0. The second-order valence-electron chi connectivity index (χ2n) is 5.60. The molecule has 0 aliphatic heterocycles. The minimum Gasteiger partial charge on any atom is -0.392 e. The van der Waals surface area contributed by atoms with Crippen molar-refractivity contribution in [2.45, 2.75) is 13.2 Å². The van der Waals surface area contributed by atoms with Gasteiger partial charge in [-0.25, -0.2) is 0 Å². The summed E-state index contributed by atoms with van der Waals surface area (Å²) in [7, 11) is 0. The maximum atomic E-state index is 12.9. The average Bonchev–Trinajstić information content (AvgIpc) is 2.60. The van der Waals surface area contributed by atoms with Crippen LogP contribution in [-0.4, -0.2) is 9.67 Å². The molecular weight excluding hydrogens is 425 g/mol. The third kappa shape index (κ3) is 4.15. The Hall–Kier alpha value is -1.59. The molecule has 0 unspecified atom stereocenters. The number of nitrogens with zero attached hydrogens (tertiary/aromatic N) is 1. The predicted molar refractivity (Wildman–Crippen MR) is 105 cm³/mol. The van der Waals surface area contributed by atoms with Gasteiger partial charge in [0.2, 0.25) is 0 Å². The molecule has 0 spiro atoms. The molecule has 1 heterocycles. The van der Waals surface area contributed by atoms with Gasteiger partial charge < -0.3 is 9.67 Å². The lowest BCUT2D eigenvalue weighted by molar-refractivity contribution is 0.280. The third-order valence-electron chi connectivity index (χ3n) is 3.84. The first-order chi connectivity index (χ1) is 12.0. The molecule has 6 heteroatoms. The van der Waals surface area contributed by atoms with Crippen molar-refractivity contribution in [2.24, 2.45) is 0 Å². The molecular formula is C19H14BrCl2NO2. The van der Waals surface area contributed by atoms with Crippen LogP contribution in [0.4, 0.5) is 0 Å². The van der Waals surface area contributed by atoms with Crippen LogP contribution in [0.25, 0.3) is 11.1 Å². The molecule has 0 saturated carbocycles. The number of aromatic nitrogens is 1. The van der Waals surface area contributed by atoms with Crippen molar-refractivity contribution in [1.82, 2.24) is 4.57 Å². The number of pyridine rings is 1. The molecule has 0 fully saturated rings. The minimum atomic E-state index is -0.155. The van der Waals surface area contributed by atoms with E-state index in [1.54, 1.807) is 35.0 Å². The van der Waals surface area contributed by atoms with Gasteiger partial charge in [-0.3, -0.25) is 4.79 Å². The van der Waals surface area contributed by atoms with E-state index in [9.17, 15) is 9.90 Å². The van der Waals surface area contributed by atoms with Crippen LogP contribution in [0.1, 0.15) is 11.1 Å². The highest BCUT2D eigenvalue weighted by atomic mass is 79.9. The molecule has 3 nitrogen and oxygen atoms in total. The lowest BCUT2D eigenvalue weighted by Crippen LogP contribution is -2.23. The number of benzene rings is 2. The Morgan fingerprint density at radius 1 is 1.04 bits per heavy atom. The van der Waals surface area contributed by atoms with Crippen molar-refractivity contribution in [3.8, 4) is 11.1 Å². The molecule has 128 valence electrons. The van der Waals surface area contributed by atoms with E-state index < -0.39 is 0 Å². The van der Waals surface area contributed by atoms with Gasteiger partial charge in [-0.15, -0.1) is 0 Å². The standard InChI is InChI=1S/C19H14BrCl2NO2/c20-15-4-1-13(2-5-15)17-7-12(11-24)9-23(19(17)25)10-14-3-6-16(21)8-18(14)22/h1-9,24H,10-11H2. The molecule has 0 radical (unpaired) electrons. The van der Waals surface area contributed by atoms with Crippen molar-refractivity contribution in [2.75, 3.05) is 0 Å². The molecule has 0 bridgehead atoms. The largest absolute Gasteiger partial charge is 0.392 e. The van der Waals surface area contributed by atoms with E-state index in [0.717, 1.165) is 15.6 Å². The van der Waals surface area contributed by atoms with E-state index >= 15 is 0 Å². The quantitative estimate of drug-likeness (QED) is 0.613. The summed E-state index contributed by atoms with van der Waals surface area (Å²) in [6.45, 7) is 0.143. The molecule has 1 aromatic heterocycles. The van der Waals surface area contributed by atoms with Gasteiger partial charge in [-0.2, -0.15) is 0 Å². The average molecular weight is 439 g/mol. The van der Waals surface area contributed by atoms with Crippen molar-refractivity contribution in [3.05, 3.63) is 90.7 Å². The van der Waals surface area contributed by atoms with Gasteiger partial charge in [0.25, 0.3) is 5.56 Å². The first kappa shape index (κ1) is 18.2. The molecule has 0 aliphatic carbocycles. The summed E-state index contributed by atoms with van der Waals surface area (Å²) in [4.78, 5) is 12.9. The Kier molecular flexibility index (Phi) is 5.64. The number of halogens is 3. The Bertz CT molecular complexity index is 968. The summed E-state index contributed by atoms with van der Waals surface area (Å²) in [5, 5.41) is 10.6. The maximum Gasteiger partial charge on any atom is 0.258 e. The lowest BCUT2D eigenvalue weighted by Gasteiger charge is -2.12. The minimum absolute atomic E-state index is 0.148. The fourth-order valence-corrected chi connectivity index (χ4v) is 3.30. The van der Waals surface area contributed by atoms with Gasteiger partial charge in [0, 0.05) is 26.3 Å². The molecule has 0 saturated heterocycles. The predicted octanol–water partition coefficient (Wildman–Crippen LogP) is 5.13. The molecule has 0 aliphatic rings. The zero-order valence-electron chi connectivity index (χ0n) is 13.0. The highest BCUT2D eigenvalue weighted by molar-refractivity contribution is 9.10. The lowest BCUT2D eigenvalue weighted by atomic mass is 10.1. The SMILES string of the molecule is O=c1c(-c2ccc(Br)cc2)cc(CO)cn1Cc1ccc(Cl)cc1Cl. The van der Waals surface area contributed by atoms with Crippen LogP contribution < -0.4 is 5.56 Å². The third-order valence-corrected chi connectivity index (χ3v) is 4.95. The maximum absolute atomic E-state index is 12.9. The van der Waals surface area contributed by atoms with Crippen molar-refractivity contribution in [3.63, 3.8) is 0 Å². The molecule has 3 rings (SSSR count). The Labute approximate surface area is 163 Å². The van der Waals surface area contributed by atoms with Gasteiger partial charge in [0.15, 0.2) is 0 Å². The van der Waals surface area contributed by atoms with Gasteiger partial charge in [-0.1, -0.05) is 57.3 Å². The van der Waals surface area contributed by atoms with Gasteiger partial charge >= 0.3 is 0 Å². The Balaban J connectivity index is 2.09. The second kappa shape index (κ2) is 7.75. The number of hydrogen-bond donors (Lipinski definition) is 1. The van der Waals surface area contributed by atoms with E-state index in [1.165, 1.54) is 0 Å². The fourth-order valence-electron chi connectivity index (χ4n) is 2.57. The number of hydrogen-bond acceptors (Lipinski definition) is 2. The second-order valence-corrected chi connectivity index (χ2v) is 7.36. The normalized spacial score (nSPS) is 10.9. The number of aliphatic hydroxyl groups is 1. The summed E-state index contributed by atoms with van der Waals surface area (Å²) < 4.78 is 2.49. The van der Waals surface area contributed by atoms with E-state index in [4.69, 9.17) is 23.2 Å².